The molecule has 9 heteroatoms. The van der Waals surface area contributed by atoms with Gasteiger partial charge in [-0.25, -0.2) is 23.5 Å². The lowest BCUT2D eigenvalue weighted by Gasteiger charge is -2.24. The molecule has 1 N–H and O–H groups in total. The summed E-state index contributed by atoms with van der Waals surface area (Å²) in [5.74, 6) is -3.16. The van der Waals surface area contributed by atoms with E-state index in [1.54, 1.807) is 25.1 Å². The second-order valence-corrected chi connectivity index (χ2v) is 8.67. The molecule has 34 heavy (non-hydrogen) atoms. The highest BCUT2D eigenvalue weighted by atomic mass is 19.3. The molecule has 2 atom stereocenters. The van der Waals surface area contributed by atoms with E-state index in [1.807, 2.05) is 38.1 Å². The molecule has 0 radical (unpaired) electrons. The molecule has 3 aromatic rings. The number of carbonyl (C=O) groups is 1. The number of carbonyl (C=O) groups excluding carboxylic acids is 1. The van der Waals surface area contributed by atoms with Crippen molar-refractivity contribution in [1.29, 1.82) is 5.26 Å². The van der Waals surface area contributed by atoms with E-state index in [0.717, 1.165) is 11.1 Å². The zero-order valence-electron chi connectivity index (χ0n) is 19.4. The molecule has 0 bridgehead atoms. The minimum atomic E-state index is -2.86. The number of fused-ring (bicyclic) bond motifs is 1. The number of para-hydroxylation sites is 1. The van der Waals surface area contributed by atoms with Crippen LogP contribution in [0.2, 0.25) is 0 Å². The fourth-order valence-corrected chi connectivity index (χ4v) is 4.43. The molecule has 0 amide bonds. The van der Waals surface area contributed by atoms with Crippen LogP contribution in [0, 0.1) is 18.3 Å². The summed E-state index contributed by atoms with van der Waals surface area (Å²) in [6.07, 6.45) is -0.305. The van der Waals surface area contributed by atoms with Crippen LogP contribution in [0.1, 0.15) is 53.5 Å². The number of aromatic nitrogens is 2. The molecular weight excluding hydrogens is 440 g/mol. The molecule has 2 heterocycles. The van der Waals surface area contributed by atoms with Gasteiger partial charge in [0.05, 0.1) is 36.3 Å². The third kappa shape index (κ3) is 4.36. The highest BCUT2D eigenvalue weighted by Gasteiger charge is 2.44. The lowest BCUT2D eigenvalue weighted by molar-refractivity contribution is 0.0229. The molecule has 7 nitrogen and oxygen atoms in total. The summed E-state index contributed by atoms with van der Waals surface area (Å²) < 4.78 is 33.1. The maximum Gasteiger partial charge on any atom is 0.339 e. The summed E-state index contributed by atoms with van der Waals surface area (Å²) in [5.41, 5.74) is 3.69. The van der Waals surface area contributed by atoms with Gasteiger partial charge in [0, 0.05) is 23.7 Å². The zero-order valence-corrected chi connectivity index (χ0v) is 19.4. The first-order valence-corrected chi connectivity index (χ1v) is 10.9. The molecule has 0 spiro atoms. The van der Waals surface area contributed by atoms with Gasteiger partial charge >= 0.3 is 5.97 Å². The second-order valence-electron chi connectivity index (χ2n) is 8.67. The third-order valence-corrected chi connectivity index (χ3v) is 6.00. The normalized spacial score (nSPS) is 17.9. The third-order valence-electron chi connectivity index (χ3n) is 6.00. The smallest absolute Gasteiger partial charge is 0.339 e. The number of rotatable bonds is 5. The maximum atomic E-state index is 14.1. The van der Waals surface area contributed by atoms with Gasteiger partial charge in [-0.05, 0) is 44.5 Å². The first-order valence-electron chi connectivity index (χ1n) is 10.9. The van der Waals surface area contributed by atoms with Gasteiger partial charge in [0.15, 0.2) is 11.5 Å². The Hall–Kier alpha value is -3.80. The Labute approximate surface area is 196 Å². The number of hydrogen-bond donors (Lipinski definition) is 1. The van der Waals surface area contributed by atoms with Crippen LogP contribution in [0.15, 0.2) is 36.4 Å². The SMILES string of the molecule is COC(=O)c1ccccc1N[C@H](C)c1cc(C)cc2nc(C#N)c(N3CC(F)(F)CC3C)nc12. The Morgan fingerprint density at radius 2 is 2.06 bits per heavy atom. The van der Waals surface area contributed by atoms with Crippen LogP contribution in [0.4, 0.5) is 20.3 Å². The molecule has 1 fully saturated rings. The molecule has 1 aromatic heterocycles. The van der Waals surface area contributed by atoms with Gasteiger partial charge in [-0.3, -0.25) is 0 Å². The monoisotopic (exact) mass is 465 g/mol. The van der Waals surface area contributed by atoms with Crippen molar-refractivity contribution in [1.82, 2.24) is 9.97 Å². The average molecular weight is 466 g/mol. The Morgan fingerprint density at radius 1 is 1.32 bits per heavy atom. The van der Waals surface area contributed by atoms with E-state index in [-0.39, 0.29) is 24.0 Å². The number of halogens is 2. The molecule has 1 aliphatic rings. The van der Waals surface area contributed by atoms with Gasteiger partial charge in [-0.2, -0.15) is 5.26 Å². The molecule has 1 aliphatic heterocycles. The highest BCUT2D eigenvalue weighted by Crippen LogP contribution is 2.37. The number of methoxy groups -OCH3 is 1. The average Bonchev–Trinajstić information content (AvgIpc) is 3.09. The van der Waals surface area contributed by atoms with Crippen LogP contribution >= 0.6 is 0 Å². The lowest BCUT2D eigenvalue weighted by atomic mass is 10.0. The zero-order chi connectivity index (χ0) is 24.6. The summed E-state index contributed by atoms with van der Waals surface area (Å²) >= 11 is 0. The van der Waals surface area contributed by atoms with Gasteiger partial charge < -0.3 is 15.0 Å². The summed E-state index contributed by atoms with van der Waals surface area (Å²) in [6, 6.07) is 12.0. The van der Waals surface area contributed by atoms with Crippen molar-refractivity contribution in [2.24, 2.45) is 0 Å². The van der Waals surface area contributed by atoms with Crippen LogP contribution in [0.5, 0.6) is 0 Å². The van der Waals surface area contributed by atoms with Gasteiger partial charge in [-0.15, -0.1) is 0 Å². The first-order chi connectivity index (χ1) is 16.1. The number of hydrogen-bond acceptors (Lipinski definition) is 7. The summed E-state index contributed by atoms with van der Waals surface area (Å²) in [4.78, 5) is 22.8. The molecular formula is C25H25F2N5O2. The molecule has 4 rings (SSSR count). The van der Waals surface area contributed by atoms with E-state index in [2.05, 4.69) is 10.3 Å². The van der Waals surface area contributed by atoms with Crippen LogP contribution in [0.25, 0.3) is 11.0 Å². The number of ether oxygens (including phenoxy) is 1. The fourth-order valence-electron chi connectivity index (χ4n) is 4.43. The quantitative estimate of drug-likeness (QED) is 0.530. The Kier molecular flexibility index (Phi) is 6.09. The fraction of sp³-hybridized carbons (Fsp3) is 0.360. The minimum absolute atomic E-state index is 0.0187. The van der Waals surface area contributed by atoms with Crippen LogP contribution in [-0.4, -0.2) is 41.6 Å². The van der Waals surface area contributed by atoms with E-state index in [9.17, 15) is 18.8 Å². The summed E-state index contributed by atoms with van der Waals surface area (Å²) in [5, 5.41) is 13.0. The number of nitrogens with zero attached hydrogens (tertiary/aromatic N) is 4. The minimum Gasteiger partial charge on any atom is -0.465 e. The van der Waals surface area contributed by atoms with E-state index in [1.165, 1.54) is 12.0 Å². The van der Waals surface area contributed by atoms with E-state index in [4.69, 9.17) is 9.72 Å². The molecule has 0 aliphatic carbocycles. The lowest BCUT2D eigenvalue weighted by Crippen LogP contribution is -2.30. The number of anilines is 2. The Balaban J connectivity index is 1.81. The topological polar surface area (TPSA) is 91.1 Å². The molecule has 1 unspecified atom stereocenters. The Morgan fingerprint density at radius 3 is 2.71 bits per heavy atom. The predicted molar refractivity (Wildman–Crippen MR) is 125 cm³/mol. The summed E-state index contributed by atoms with van der Waals surface area (Å²) in [7, 11) is 1.32. The maximum absolute atomic E-state index is 14.1. The number of nitriles is 1. The van der Waals surface area contributed by atoms with Gasteiger partial charge in [0.1, 0.15) is 6.07 Å². The number of esters is 1. The van der Waals surface area contributed by atoms with Crippen molar-refractivity contribution in [2.45, 2.75) is 45.2 Å². The number of aryl methyl sites for hydroxylation is 1. The van der Waals surface area contributed by atoms with E-state index in [0.29, 0.717) is 22.3 Å². The van der Waals surface area contributed by atoms with Crippen molar-refractivity contribution < 1.29 is 18.3 Å². The molecule has 1 saturated heterocycles. The Bertz CT molecular complexity index is 1300. The molecule has 0 saturated carbocycles. The van der Waals surface area contributed by atoms with Crippen molar-refractivity contribution >= 4 is 28.5 Å². The van der Waals surface area contributed by atoms with Gasteiger partial charge in [0.2, 0.25) is 0 Å². The highest BCUT2D eigenvalue weighted by molar-refractivity contribution is 5.95. The summed E-state index contributed by atoms with van der Waals surface area (Å²) in [6.45, 7) is 5.00. The number of alkyl halides is 2. The van der Waals surface area contributed by atoms with Crippen molar-refractivity contribution in [3.63, 3.8) is 0 Å². The van der Waals surface area contributed by atoms with E-state index < -0.39 is 24.5 Å². The van der Waals surface area contributed by atoms with E-state index >= 15 is 0 Å². The van der Waals surface area contributed by atoms with Crippen LogP contribution in [-0.2, 0) is 4.74 Å². The predicted octanol–water partition coefficient (Wildman–Crippen LogP) is 5.00. The number of nitrogens with one attached hydrogen (secondary N) is 1. The van der Waals surface area contributed by atoms with Crippen molar-refractivity contribution in [3.8, 4) is 6.07 Å². The molecule has 176 valence electrons. The van der Waals surface area contributed by atoms with Crippen LogP contribution in [0.3, 0.4) is 0 Å². The van der Waals surface area contributed by atoms with Crippen molar-refractivity contribution in [2.75, 3.05) is 23.9 Å². The first kappa shape index (κ1) is 23.4. The van der Waals surface area contributed by atoms with Crippen LogP contribution < -0.4 is 10.2 Å². The van der Waals surface area contributed by atoms with Gasteiger partial charge in [0.25, 0.3) is 5.92 Å². The number of benzene rings is 2. The standard InChI is InChI=1S/C25H25F2N5O2/c1-14-9-18(16(3)29-19-8-6-5-7-17(19)24(33)34-4)22-20(10-14)30-21(12-28)23(31-22)32-13-25(26,27)11-15(32)2/h5-10,15-16,29H,11,13H2,1-4H3/t15?,16-/m1/s1. The van der Waals surface area contributed by atoms with Gasteiger partial charge in [-0.1, -0.05) is 18.2 Å². The second kappa shape index (κ2) is 8.86. The largest absolute Gasteiger partial charge is 0.465 e. The molecule has 2 aromatic carbocycles. The van der Waals surface area contributed by atoms with Crippen molar-refractivity contribution in [3.05, 3.63) is 58.8 Å².